The lowest BCUT2D eigenvalue weighted by Gasteiger charge is -2.10. The molecular weight excluding hydrogens is 447 g/mol. The van der Waals surface area contributed by atoms with Crippen LogP contribution < -0.4 is 20.9 Å². The van der Waals surface area contributed by atoms with Crippen molar-refractivity contribution in [2.24, 2.45) is 7.05 Å². The lowest BCUT2D eigenvalue weighted by Crippen LogP contribution is -2.38. The number of carbonyl (C=O) groups excluding carboxylic acids is 1. The molecule has 30 heavy (non-hydrogen) atoms. The van der Waals surface area contributed by atoms with Crippen molar-refractivity contribution < 1.29 is 9.53 Å². The number of aromatic nitrogens is 2. The smallest absolute Gasteiger partial charge is 0.295 e. The highest BCUT2D eigenvalue weighted by atomic mass is 35.5. The van der Waals surface area contributed by atoms with Crippen LogP contribution in [0.4, 0.5) is 5.69 Å². The maximum absolute atomic E-state index is 12.9. The highest BCUT2D eigenvalue weighted by molar-refractivity contribution is 7.80. The van der Waals surface area contributed by atoms with Gasteiger partial charge in [0.05, 0.1) is 16.4 Å². The first-order valence-electron chi connectivity index (χ1n) is 8.80. The quantitative estimate of drug-likeness (QED) is 0.563. The molecule has 3 aromatic rings. The molecule has 0 bridgehead atoms. The van der Waals surface area contributed by atoms with Crippen molar-refractivity contribution in [3.05, 3.63) is 74.6 Å². The average molecular weight is 465 g/mol. The largest absolute Gasteiger partial charge is 0.482 e. The van der Waals surface area contributed by atoms with E-state index in [2.05, 4.69) is 10.6 Å². The van der Waals surface area contributed by atoms with E-state index in [-0.39, 0.29) is 28.0 Å². The SMILES string of the molecule is Cc1c(NC(=S)NC(=O)COc2ccc(Cl)cc2Cl)c(=O)n(-c2ccccc2)n1C. The third kappa shape index (κ3) is 4.84. The summed E-state index contributed by atoms with van der Waals surface area (Å²) in [6.07, 6.45) is 0. The Morgan fingerprint density at radius 2 is 1.87 bits per heavy atom. The Hall–Kier alpha value is -2.81. The standard InChI is InChI=1S/C20H18Cl2N4O3S/c1-12-18(19(28)26(25(12)2)14-6-4-3-5-7-14)24-20(30)23-17(27)11-29-16-9-8-13(21)10-15(16)22/h3-10H,11H2,1-2H3,(H2,23,24,27,30). The van der Waals surface area contributed by atoms with Crippen LogP contribution in [0.15, 0.2) is 53.3 Å². The van der Waals surface area contributed by atoms with Gasteiger partial charge in [0.2, 0.25) is 0 Å². The van der Waals surface area contributed by atoms with Gasteiger partial charge in [-0.1, -0.05) is 41.4 Å². The summed E-state index contributed by atoms with van der Waals surface area (Å²) in [4.78, 5) is 25.0. The zero-order chi connectivity index (χ0) is 21.8. The second-order valence-corrected chi connectivity index (χ2v) is 7.55. The van der Waals surface area contributed by atoms with Crippen LogP contribution in [0.3, 0.4) is 0 Å². The number of carbonyl (C=O) groups is 1. The molecule has 0 aliphatic heterocycles. The molecule has 0 radical (unpaired) electrons. The van der Waals surface area contributed by atoms with Gasteiger partial charge in [-0.15, -0.1) is 0 Å². The van der Waals surface area contributed by atoms with Gasteiger partial charge in [-0.2, -0.15) is 0 Å². The Kier molecular flexibility index (Phi) is 6.81. The van der Waals surface area contributed by atoms with Crippen LogP contribution in [0.2, 0.25) is 10.0 Å². The Morgan fingerprint density at radius 1 is 1.17 bits per heavy atom. The van der Waals surface area contributed by atoms with Crippen molar-refractivity contribution in [3.8, 4) is 11.4 Å². The van der Waals surface area contributed by atoms with E-state index >= 15 is 0 Å². The number of halogens is 2. The number of benzene rings is 2. The van der Waals surface area contributed by atoms with Crippen molar-refractivity contribution in [2.75, 3.05) is 11.9 Å². The zero-order valence-corrected chi connectivity index (χ0v) is 18.4. The maximum Gasteiger partial charge on any atom is 0.295 e. The Bertz CT molecular complexity index is 1160. The molecule has 156 valence electrons. The number of anilines is 1. The summed E-state index contributed by atoms with van der Waals surface area (Å²) in [6, 6.07) is 13.9. The second kappa shape index (κ2) is 9.34. The summed E-state index contributed by atoms with van der Waals surface area (Å²) in [5, 5.41) is 6.02. The molecule has 10 heteroatoms. The van der Waals surface area contributed by atoms with Crippen LogP contribution in [0, 0.1) is 6.92 Å². The third-order valence-electron chi connectivity index (χ3n) is 4.30. The van der Waals surface area contributed by atoms with Crippen LogP contribution in [0.25, 0.3) is 5.69 Å². The van der Waals surface area contributed by atoms with Crippen LogP contribution in [0.5, 0.6) is 5.75 Å². The number of para-hydroxylation sites is 1. The van der Waals surface area contributed by atoms with Gasteiger partial charge in [0, 0.05) is 12.1 Å². The maximum atomic E-state index is 12.9. The molecule has 0 saturated heterocycles. The van der Waals surface area contributed by atoms with E-state index in [4.69, 9.17) is 40.2 Å². The Balaban J connectivity index is 1.66. The molecule has 0 aliphatic carbocycles. The van der Waals surface area contributed by atoms with E-state index in [9.17, 15) is 9.59 Å². The molecule has 0 saturated carbocycles. The van der Waals surface area contributed by atoms with Gasteiger partial charge in [-0.05, 0) is 49.5 Å². The van der Waals surface area contributed by atoms with Crippen LogP contribution in [-0.2, 0) is 11.8 Å². The molecule has 2 N–H and O–H groups in total. The first kappa shape index (κ1) is 21.9. The van der Waals surface area contributed by atoms with Crippen LogP contribution in [0.1, 0.15) is 5.69 Å². The lowest BCUT2D eigenvalue weighted by molar-refractivity contribution is -0.121. The molecule has 0 spiro atoms. The van der Waals surface area contributed by atoms with Gasteiger partial charge in [-0.3, -0.25) is 19.6 Å². The molecule has 3 rings (SSSR count). The third-order valence-corrected chi connectivity index (χ3v) is 5.03. The van der Waals surface area contributed by atoms with Crippen molar-refractivity contribution >= 4 is 52.1 Å². The molecule has 0 fully saturated rings. The minimum absolute atomic E-state index is 0.0168. The molecule has 0 atom stereocenters. The van der Waals surface area contributed by atoms with E-state index in [0.717, 1.165) is 0 Å². The minimum atomic E-state index is -0.504. The predicted octanol–water partition coefficient (Wildman–Crippen LogP) is 3.68. The molecule has 1 heterocycles. The fourth-order valence-corrected chi connectivity index (χ4v) is 3.43. The Morgan fingerprint density at radius 3 is 2.53 bits per heavy atom. The van der Waals surface area contributed by atoms with Gasteiger partial charge < -0.3 is 10.1 Å². The average Bonchev–Trinajstić information content (AvgIpc) is 2.91. The van der Waals surface area contributed by atoms with Crippen molar-refractivity contribution in [1.82, 2.24) is 14.7 Å². The molecule has 0 unspecified atom stereocenters. The summed E-state index contributed by atoms with van der Waals surface area (Å²) in [5.41, 5.74) is 1.35. The van der Waals surface area contributed by atoms with Crippen LogP contribution in [-0.4, -0.2) is 27.0 Å². The molecule has 1 amide bonds. The van der Waals surface area contributed by atoms with E-state index in [0.29, 0.717) is 22.2 Å². The number of thiocarbonyl (C=S) groups is 1. The second-order valence-electron chi connectivity index (χ2n) is 6.30. The van der Waals surface area contributed by atoms with E-state index in [1.165, 1.54) is 10.7 Å². The highest BCUT2D eigenvalue weighted by Crippen LogP contribution is 2.27. The van der Waals surface area contributed by atoms with Crippen molar-refractivity contribution in [1.29, 1.82) is 0 Å². The summed E-state index contributed by atoms with van der Waals surface area (Å²) >= 11 is 17.0. The summed E-state index contributed by atoms with van der Waals surface area (Å²) in [6.45, 7) is 1.46. The molecule has 0 aliphatic rings. The summed E-state index contributed by atoms with van der Waals surface area (Å²) in [7, 11) is 1.76. The minimum Gasteiger partial charge on any atom is -0.482 e. The fourth-order valence-electron chi connectivity index (χ4n) is 2.76. The monoisotopic (exact) mass is 464 g/mol. The van der Waals surface area contributed by atoms with Crippen molar-refractivity contribution in [3.63, 3.8) is 0 Å². The molecular formula is C20H18Cl2N4O3S. The number of amides is 1. The van der Waals surface area contributed by atoms with Crippen molar-refractivity contribution in [2.45, 2.75) is 6.92 Å². The topological polar surface area (TPSA) is 77.3 Å². The van der Waals surface area contributed by atoms with Gasteiger partial charge in [0.1, 0.15) is 11.4 Å². The number of ether oxygens (including phenoxy) is 1. The fraction of sp³-hybridized carbons (Fsp3) is 0.150. The molecule has 2 aromatic carbocycles. The normalized spacial score (nSPS) is 10.5. The summed E-state index contributed by atoms with van der Waals surface area (Å²) in [5.74, 6) is -0.185. The van der Waals surface area contributed by atoms with Crippen LogP contribution >= 0.6 is 35.4 Å². The van der Waals surface area contributed by atoms with Gasteiger partial charge in [-0.25, -0.2) is 4.68 Å². The van der Waals surface area contributed by atoms with Gasteiger partial charge in [0.25, 0.3) is 11.5 Å². The highest BCUT2D eigenvalue weighted by Gasteiger charge is 2.18. The predicted molar refractivity (Wildman–Crippen MR) is 122 cm³/mol. The first-order valence-corrected chi connectivity index (χ1v) is 9.97. The molecule has 1 aromatic heterocycles. The summed E-state index contributed by atoms with van der Waals surface area (Å²) < 4.78 is 8.59. The Labute approximate surface area is 188 Å². The lowest BCUT2D eigenvalue weighted by atomic mass is 10.3. The zero-order valence-electron chi connectivity index (χ0n) is 16.1. The number of hydrogen-bond acceptors (Lipinski definition) is 4. The van der Waals surface area contributed by atoms with E-state index in [1.54, 1.807) is 30.8 Å². The van der Waals surface area contributed by atoms with E-state index in [1.807, 2.05) is 30.3 Å². The number of hydrogen-bond donors (Lipinski definition) is 2. The van der Waals surface area contributed by atoms with Gasteiger partial charge >= 0.3 is 0 Å². The van der Waals surface area contributed by atoms with E-state index < -0.39 is 5.91 Å². The van der Waals surface area contributed by atoms with Gasteiger partial charge in [0.15, 0.2) is 11.7 Å². The number of nitrogens with one attached hydrogen (secondary N) is 2. The molecule has 7 nitrogen and oxygen atoms in total. The first-order chi connectivity index (χ1) is 14.3. The number of rotatable bonds is 5. The number of nitrogens with zero attached hydrogens (tertiary/aromatic N) is 2.